The van der Waals surface area contributed by atoms with E-state index in [0.29, 0.717) is 35.9 Å². The molecule has 2 heterocycles. The molecule has 0 bridgehead atoms. The smallest absolute Gasteiger partial charge is 0.435 e. The van der Waals surface area contributed by atoms with Crippen molar-refractivity contribution in [2.75, 3.05) is 10.6 Å². The number of carbonyl (C=O) groups is 2. The maximum Gasteiger partial charge on any atom is 0.435 e. The van der Waals surface area contributed by atoms with E-state index in [2.05, 4.69) is 25.4 Å². The highest BCUT2D eigenvalue weighted by Crippen LogP contribution is 2.43. The van der Waals surface area contributed by atoms with Gasteiger partial charge in [0.1, 0.15) is 21.8 Å². The minimum atomic E-state index is -4.89. The molecule has 14 heteroatoms. The van der Waals surface area contributed by atoms with Crippen molar-refractivity contribution in [2.45, 2.75) is 62.9 Å². The second-order valence-corrected chi connectivity index (χ2v) is 14.4. The molecule has 2 aromatic carbocycles. The van der Waals surface area contributed by atoms with Crippen LogP contribution in [-0.4, -0.2) is 36.4 Å². The number of halogens is 4. The molecule has 248 valence electrons. The Morgan fingerprint density at radius 3 is 2.47 bits per heavy atom. The molecule has 2 atom stereocenters. The second kappa shape index (κ2) is 13.5. The largest absolute Gasteiger partial charge is 0.598 e. The maximum atomic E-state index is 15.4. The van der Waals surface area contributed by atoms with Gasteiger partial charge >= 0.3 is 6.18 Å². The van der Waals surface area contributed by atoms with Crippen LogP contribution in [0.2, 0.25) is 0 Å². The highest BCUT2D eigenvalue weighted by Gasteiger charge is 2.44. The number of hydrogen-bond acceptors (Lipinski definition) is 6. The van der Waals surface area contributed by atoms with Crippen LogP contribution in [0.25, 0.3) is 5.69 Å². The zero-order valence-corrected chi connectivity index (χ0v) is 26.7. The SMILES string of the molecule is CC(C)(C)[S+]([O-])NC(CCC1CC1)(c1cccnc1)c1ccc(F)c(NC(=O)c2cc(C(F)(F)F)nn2-c2cccc(NC=O)c2)c1. The van der Waals surface area contributed by atoms with E-state index in [0.717, 1.165) is 30.0 Å². The molecule has 2 unspecified atom stereocenters. The zero-order chi connectivity index (χ0) is 34.0. The topological polar surface area (TPSA) is 124 Å². The molecule has 1 aliphatic rings. The third-order valence-corrected chi connectivity index (χ3v) is 9.50. The van der Waals surface area contributed by atoms with Crippen molar-refractivity contribution in [3.63, 3.8) is 0 Å². The molecule has 0 radical (unpaired) electrons. The highest BCUT2D eigenvalue weighted by atomic mass is 32.2. The molecule has 1 fully saturated rings. The molecule has 2 aromatic heterocycles. The van der Waals surface area contributed by atoms with E-state index in [4.69, 9.17) is 0 Å². The van der Waals surface area contributed by atoms with Gasteiger partial charge in [0.15, 0.2) is 5.69 Å². The van der Waals surface area contributed by atoms with Crippen LogP contribution in [0, 0.1) is 11.7 Å². The van der Waals surface area contributed by atoms with Gasteiger partial charge in [-0.1, -0.05) is 31.0 Å². The summed E-state index contributed by atoms with van der Waals surface area (Å²) in [6.45, 7) is 5.47. The number of rotatable bonds is 12. The fourth-order valence-corrected chi connectivity index (χ4v) is 6.08. The minimum Gasteiger partial charge on any atom is -0.598 e. The molecule has 3 N–H and O–H groups in total. The van der Waals surface area contributed by atoms with Crippen LogP contribution in [0.1, 0.15) is 73.8 Å². The highest BCUT2D eigenvalue weighted by molar-refractivity contribution is 7.90. The van der Waals surface area contributed by atoms with Gasteiger partial charge < -0.3 is 15.2 Å². The third kappa shape index (κ3) is 7.83. The number of benzene rings is 2. The van der Waals surface area contributed by atoms with Gasteiger partial charge in [0.05, 0.1) is 11.4 Å². The Kier molecular flexibility index (Phi) is 9.75. The van der Waals surface area contributed by atoms with Crippen LogP contribution in [0.3, 0.4) is 0 Å². The summed E-state index contributed by atoms with van der Waals surface area (Å²) in [6.07, 6.45) is 2.16. The lowest BCUT2D eigenvalue weighted by molar-refractivity contribution is -0.141. The van der Waals surface area contributed by atoms with Gasteiger partial charge in [0.25, 0.3) is 5.91 Å². The summed E-state index contributed by atoms with van der Waals surface area (Å²) in [5.74, 6) is -1.41. The average molecular weight is 671 g/mol. The van der Waals surface area contributed by atoms with Crippen molar-refractivity contribution < 1.29 is 31.7 Å². The van der Waals surface area contributed by atoms with Crippen LogP contribution in [0.15, 0.2) is 73.1 Å². The van der Waals surface area contributed by atoms with Gasteiger partial charge in [-0.25, -0.2) is 9.07 Å². The molecule has 1 aliphatic carbocycles. The van der Waals surface area contributed by atoms with Crippen LogP contribution < -0.4 is 15.4 Å². The zero-order valence-electron chi connectivity index (χ0n) is 25.9. The molecule has 4 aromatic rings. The van der Waals surface area contributed by atoms with Crippen molar-refractivity contribution in [3.05, 3.63) is 101 Å². The third-order valence-electron chi connectivity index (χ3n) is 7.86. The summed E-state index contributed by atoms with van der Waals surface area (Å²) in [5.41, 5.74) is -1.80. The number of anilines is 2. The first-order valence-corrected chi connectivity index (χ1v) is 16.1. The van der Waals surface area contributed by atoms with Crippen LogP contribution in [-0.2, 0) is 27.9 Å². The molecule has 2 amide bonds. The van der Waals surface area contributed by atoms with Crippen molar-refractivity contribution in [1.29, 1.82) is 0 Å². The molecule has 1 saturated carbocycles. The lowest BCUT2D eigenvalue weighted by Gasteiger charge is -2.38. The number of carbonyl (C=O) groups excluding carboxylic acids is 2. The molecular weight excluding hydrogens is 636 g/mol. The van der Waals surface area contributed by atoms with Crippen LogP contribution >= 0.6 is 0 Å². The summed E-state index contributed by atoms with van der Waals surface area (Å²) in [5, 5.41) is 8.44. The fraction of sp³-hybridized carbons (Fsp3) is 0.333. The quantitative estimate of drug-likeness (QED) is 0.0873. The van der Waals surface area contributed by atoms with E-state index < -0.39 is 50.9 Å². The molecule has 0 saturated heterocycles. The fourth-order valence-electron chi connectivity index (χ4n) is 5.12. The van der Waals surface area contributed by atoms with E-state index in [1.54, 1.807) is 18.5 Å². The van der Waals surface area contributed by atoms with E-state index in [1.165, 1.54) is 36.4 Å². The van der Waals surface area contributed by atoms with Crippen molar-refractivity contribution in [1.82, 2.24) is 19.5 Å². The Labute approximate surface area is 272 Å². The Morgan fingerprint density at radius 1 is 1.06 bits per heavy atom. The number of hydrogen-bond donors (Lipinski definition) is 3. The first kappa shape index (κ1) is 34.1. The summed E-state index contributed by atoms with van der Waals surface area (Å²) in [4.78, 5) is 28.8. The Morgan fingerprint density at radius 2 is 1.83 bits per heavy atom. The van der Waals surface area contributed by atoms with E-state index in [9.17, 15) is 27.3 Å². The van der Waals surface area contributed by atoms with E-state index >= 15 is 4.39 Å². The van der Waals surface area contributed by atoms with Gasteiger partial charge in [0, 0.05) is 35.5 Å². The normalized spacial score (nSPS) is 15.5. The number of nitrogens with one attached hydrogen (secondary N) is 3. The lowest BCUT2D eigenvalue weighted by Crippen LogP contribution is -2.52. The Hall–Kier alpha value is -4.27. The number of aromatic nitrogens is 3. The number of alkyl halides is 3. The summed E-state index contributed by atoms with van der Waals surface area (Å²) in [6, 6.07) is 14.0. The molecule has 0 aliphatic heterocycles. The molecule has 47 heavy (non-hydrogen) atoms. The number of pyridine rings is 1. The monoisotopic (exact) mass is 670 g/mol. The summed E-state index contributed by atoms with van der Waals surface area (Å²) < 4.78 is 73.7. The molecule has 5 rings (SSSR count). The van der Waals surface area contributed by atoms with Gasteiger partial charge in [0.2, 0.25) is 6.41 Å². The molecule has 9 nitrogen and oxygen atoms in total. The van der Waals surface area contributed by atoms with E-state index in [1.807, 2.05) is 26.8 Å². The van der Waals surface area contributed by atoms with Crippen molar-refractivity contribution >= 4 is 35.1 Å². The predicted octanol–water partition coefficient (Wildman–Crippen LogP) is 6.73. The first-order chi connectivity index (χ1) is 22.2. The molecular formula is C33H34F4N6O3S. The lowest BCUT2D eigenvalue weighted by atomic mass is 9.80. The average Bonchev–Trinajstić information content (AvgIpc) is 3.74. The standard InChI is InChI=1S/C33H34F4N6O3S/c1-31(2,3)47(46)42-32(14-13-21-9-10-21,23-6-5-15-38-19-23)22-11-12-26(34)27(16-22)40-30(45)28-18-29(33(35,36)37)41-43(28)25-8-4-7-24(17-25)39-20-44/h4-8,11-12,15-21,42H,9-10,13-14H2,1-3H3,(H,39,44)(H,40,45). The predicted molar refractivity (Wildman–Crippen MR) is 171 cm³/mol. The van der Waals surface area contributed by atoms with Gasteiger partial charge in [-0.2, -0.15) is 18.3 Å². The van der Waals surface area contributed by atoms with E-state index in [-0.39, 0.29) is 17.1 Å². The Balaban J connectivity index is 1.58. The number of amides is 2. The first-order valence-electron chi connectivity index (χ1n) is 14.9. The summed E-state index contributed by atoms with van der Waals surface area (Å²) >= 11 is -1.59. The van der Waals surface area contributed by atoms with Crippen molar-refractivity contribution in [2.24, 2.45) is 5.92 Å². The van der Waals surface area contributed by atoms with Gasteiger partial charge in [-0.05, 0) is 87.1 Å². The molecule has 0 spiro atoms. The second-order valence-electron chi connectivity index (χ2n) is 12.4. The Bertz CT molecular complexity index is 1740. The van der Waals surface area contributed by atoms with Gasteiger partial charge in [-0.3, -0.25) is 14.6 Å². The summed E-state index contributed by atoms with van der Waals surface area (Å²) in [7, 11) is 0. The van der Waals surface area contributed by atoms with Gasteiger partial charge in [-0.15, -0.1) is 4.72 Å². The van der Waals surface area contributed by atoms with Crippen LogP contribution in [0.5, 0.6) is 0 Å². The minimum absolute atomic E-state index is 0.0521. The van der Waals surface area contributed by atoms with Crippen molar-refractivity contribution in [3.8, 4) is 5.69 Å². The number of nitrogens with zero attached hydrogens (tertiary/aromatic N) is 3. The maximum absolute atomic E-state index is 15.4. The van der Waals surface area contributed by atoms with Crippen LogP contribution in [0.4, 0.5) is 28.9 Å².